The molecule has 0 spiro atoms. The van der Waals surface area contributed by atoms with Crippen molar-refractivity contribution in [3.63, 3.8) is 0 Å². The number of hydrogen-bond donors (Lipinski definition) is 0. The van der Waals surface area contributed by atoms with Gasteiger partial charge in [-0.15, -0.1) is 0 Å². The van der Waals surface area contributed by atoms with Crippen LogP contribution in [0.25, 0.3) is 33.5 Å². The van der Waals surface area contributed by atoms with E-state index in [0.717, 1.165) is 41.1 Å². The van der Waals surface area contributed by atoms with E-state index in [1.54, 1.807) is 12.1 Å². The smallest absolute Gasteiger partial charge is 0.175 e. The molecule has 2 heterocycles. The predicted molar refractivity (Wildman–Crippen MR) is 148 cm³/mol. The quantitative estimate of drug-likeness (QED) is 0.378. The van der Waals surface area contributed by atoms with E-state index in [1.807, 2.05) is 19.2 Å². The van der Waals surface area contributed by atoms with Gasteiger partial charge in [-0.25, -0.2) is 13.4 Å². The number of hydrogen-bond acceptors (Lipinski definition) is 5. The predicted octanol–water partition coefficient (Wildman–Crippen LogP) is 5.15. The molecule has 1 aliphatic rings. The van der Waals surface area contributed by atoms with E-state index in [0.29, 0.717) is 10.9 Å². The third kappa shape index (κ3) is 4.65. The van der Waals surface area contributed by atoms with E-state index in [1.165, 1.54) is 35.9 Å². The Hall–Kier alpha value is -3.16. The molecule has 0 amide bonds. The number of benzene rings is 3. The average Bonchev–Trinajstić information content (AvgIpc) is 3.20. The highest BCUT2D eigenvalue weighted by atomic mass is 32.2. The number of aryl methyl sites for hydroxylation is 2. The average molecular weight is 503 g/mol. The zero-order chi connectivity index (χ0) is 25.6. The highest BCUT2D eigenvalue weighted by Gasteiger charge is 2.21. The molecular formula is C29H34N4O2S. The van der Waals surface area contributed by atoms with Crippen LogP contribution in [0.1, 0.15) is 18.4 Å². The molecule has 4 aromatic rings. The lowest BCUT2D eigenvalue weighted by Crippen LogP contribution is -2.41. The van der Waals surface area contributed by atoms with Crippen LogP contribution in [0.3, 0.4) is 0 Å². The van der Waals surface area contributed by atoms with Gasteiger partial charge in [0.1, 0.15) is 5.82 Å². The van der Waals surface area contributed by atoms with Crippen LogP contribution in [0.15, 0.2) is 65.6 Å². The molecule has 0 unspecified atom stereocenters. The van der Waals surface area contributed by atoms with Gasteiger partial charge in [0.25, 0.3) is 0 Å². The Balaban J connectivity index is 1.43. The maximum atomic E-state index is 11.8. The summed E-state index contributed by atoms with van der Waals surface area (Å²) in [5.41, 5.74) is 7.67. The van der Waals surface area contributed by atoms with Crippen molar-refractivity contribution >= 4 is 26.6 Å². The summed E-state index contributed by atoms with van der Waals surface area (Å²) in [6, 6.07) is 20.9. The third-order valence-electron chi connectivity index (χ3n) is 7.48. The Morgan fingerprint density at radius 3 is 2.08 bits per heavy atom. The van der Waals surface area contributed by atoms with Gasteiger partial charge in [0.15, 0.2) is 9.84 Å². The normalized spacial score (nSPS) is 15.2. The van der Waals surface area contributed by atoms with E-state index in [-0.39, 0.29) is 0 Å². The molecule has 1 aromatic heterocycles. The first-order chi connectivity index (χ1) is 17.1. The molecule has 0 saturated carbocycles. The minimum absolute atomic E-state index is 0.314. The number of nitrogens with zero attached hydrogens (tertiary/aromatic N) is 4. The first-order valence-electron chi connectivity index (χ1n) is 12.4. The van der Waals surface area contributed by atoms with Crippen LogP contribution in [0, 0.1) is 6.92 Å². The van der Waals surface area contributed by atoms with Crippen molar-refractivity contribution in [1.82, 2.24) is 14.5 Å². The van der Waals surface area contributed by atoms with Gasteiger partial charge < -0.3 is 14.4 Å². The summed E-state index contributed by atoms with van der Waals surface area (Å²) in [4.78, 5) is 10.0. The van der Waals surface area contributed by atoms with Gasteiger partial charge >= 0.3 is 0 Å². The van der Waals surface area contributed by atoms with Crippen molar-refractivity contribution in [3.05, 3.63) is 66.2 Å². The summed E-state index contributed by atoms with van der Waals surface area (Å²) in [5.74, 6) is 0.821. The molecule has 1 aliphatic heterocycles. The number of rotatable bonds is 5. The SMILES string of the molecule is Cc1cc(-c2ccc(N3CCC(N(C)C)CC3)cc2)cc2c1nc(-c1ccc(S(C)(=O)=O)cc1)n2C. The molecular weight excluding hydrogens is 468 g/mol. The number of aromatic nitrogens is 2. The molecule has 6 nitrogen and oxygen atoms in total. The largest absolute Gasteiger partial charge is 0.371 e. The maximum absolute atomic E-state index is 11.8. The minimum atomic E-state index is -3.23. The maximum Gasteiger partial charge on any atom is 0.175 e. The summed E-state index contributed by atoms with van der Waals surface area (Å²) >= 11 is 0. The van der Waals surface area contributed by atoms with E-state index in [4.69, 9.17) is 4.98 Å². The molecule has 1 saturated heterocycles. The molecule has 0 radical (unpaired) electrons. The van der Waals surface area contributed by atoms with E-state index < -0.39 is 9.84 Å². The molecule has 5 rings (SSSR count). The first kappa shape index (κ1) is 24.5. The second kappa shape index (κ2) is 9.37. The van der Waals surface area contributed by atoms with Crippen LogP contribution < -0.4 is 4.90 Å². The van der Waals surface area contributed by atoms with E-state index in [9.17, 15) is 8.42 Å². The van der Waals surface area contributed by atoms with Crippen LogP contribution in [-0.4, -0.2) is 62.4 Å². The van der Waals surface area contributed by atoms with Crippen molar-refractivity contribution in [2.45, 2.75) is 30.7 Å². The zero-order valence-electron chi connectivity index (χ0n) is 21.7. The second-order valence-electron chi connectivity index (χ2n) is 10.2. The Morgan fingerprint density at radius 2 is 1.50 bits per heavy atom. The molecule has 3 aromatic carbocycles. The number of piperidine rings is 1. The highest BCUT2D eigenvalue weighted by Crippen LogP contribution is 2.32. The van der Waals surface area contributed by atoms with Gasteiger partial charge in [0.05, 0.1) is 15.9 Å². The fourth-order valence-electron chi connectivity index (χ4n) is 5.24. The Kier molecular flexibility index (Phi) is 6.39. The van der Waals surface area contributed by atoms with E-state index >= 15 is 0 Å². The Bertz CT molecular complexity index is 1500. The van der Waals surface area contributed by atoms with Crippen LogP contribution in [0.5, 0.6) is 0 Å². The van der Waals surface area contributed by atoms with Gasteiger partial charge in [0, 0.05) is 43.7 Å². The summed E-state index contributed by atoms with van der Waals surface area (Å²) < 4.78 is 25.7. The molecule has 0 bridgehead atoms. The standard InChI is InChI=1S/C29H34N4O2S/c1-20-18-23(21-6-10-25(11-7-21)33-16-14-24(15-17-33)31(2)3)19-27-28(20)30-29(32(27)4)22-8-12-26(13-9-22)36(5,34)35/h6-13,18-19,24H,14-17H2,1-5H3. The lowest BCUT2D eigenvalue weighted by molar-refractivity contribution is 0.249. The Morgan fingerprint density at radius 1 is 0.889 bits per heavy atom. The first-order valence-corrected chi connectivity index (χ1v) is 14.3. The summed E-state index contributed by atoms with van der Waals surface area (Å²) in [7, 11) is 3.13. The minimum Gasteiger partial charge on any atom is -0.371 e. The topological polar surface area (TPSA) is 58.4 Å². The van der Waals surface area contributed by atoms with Crippen LogP contribution in [0.2, 0.25) is 0 Å². The second-order valence-corrected chi connectivity index (χ2v) is 12.2. The van der Waals surface area contributed by atoms with Gasteiger partial charge in [-0.2, -0.15) is 0 Å². The number of imidazole rings is 1. The van der Waals surface area contributed by atoms with Crippen molar-refractivity contribution in [2.75, 3.05) is 38.3 Å². The summed E-state index contributed by atoms with van der Waals surface area (Å²) in [5, 5.41) is 0. The summed E-state index contributed by atoms with van der Waals surface area (Å²) in [6.07, 6.45) is 3.62. The van der Waals surface area contributed by atoms with Crippen molar-refractivity contribution < 1.29 is 8.42 Å². The summed E-state index contributed by atoms with van der Waals surface area (Å²) in [6.45, 7) is 4.28. The van der Waals surface area contributed by atoms with Crippen LogP contribution in [-0.2, 0) is 16.9 Å². The number of sulfone groups is 1. The van der Waals surface area contributed by atoms with Gasteiger partial charge in [0.2, 0.25) is 0 Å². The molecule has 0 N–H and O–H groups in total. The van der Waals surface area contributed by atoms with Gasteiger partial charge in [-0.1, -0.05) is 12.1 Å². The van der Waals surface area contributed by atoms with E-state index in [2.05, 4.69) is 71.8 Å². The van der Waals surface area contributed by atoms with Crippen molar-refractivity contribution in [1.29, 1.82) is 0 Å². The zero-order valence-corrected chi connectivity index (χ0v) is 22.5. The lowest BCUT2D eigenvalue weighted by Gasteiger charge is -2.36. The fraction of sp³-hybridized carbons (Fsp3) is 0.345. The van der Waals surface area contributed by atoms with Crippen molar-refractivity contribution in [3.8, 4) is 22.5 Å². The molecule has 1 fully saturated rings. The highest BCUT2D eigenvalue weighted by molar-refractivity contribution is 7.90. The molecule has 36 heavy (non-hydrogen) atoms. The van der Waals surface area contributed by atoms with Gasteiger partial charge in [-0.3, -0.25) is 0 Å². The van der Waals surface area contributed by atoms with Gasteiger partial charge in [-0.05, 0) is 99.1 Å². The van der Waals surface area contributed by atoms with Crippen LogP contribution in [0.4, 0.5) is 5.69 Å². The lowest BCUT2D eigenvalue weighted by atomic mass is 10.0. The molecule has 0 aliphatic carbocycles. The molecule has 7 heteroatoms. The molecule has 188 valence electrons. The number of fused-ring (bicyclic) bond motifs is 1. The number of anilines is 1. The molecule has 0 atom stereocenters. The fourth-order valence-corrected chi connectivity index (χ4v) is 5.87. The van der Waals surface area contributed by atoms with Crippen molar-refractivity contribution in [2.24, 2.45) is 7.05 Å². The third-order valence-corrected chi connectivity index (χ3v) is 8.61. The Labute approximate surface area is 214 Å². The monoisotopic (exact) mass is 502 g/mol. The van der Waals surface area contributed by atoms with Crippen LogP contribution >= 0.6 is 0 Å².